The van der Waals surface area contributed by atoms with Crippen molar-refractivity contribution in [2.75, 3.05) is 32.7 Å². The van der Waals surface area contributed by atoms with Gasteiger partial charge in [-0.2, -0.15) is 18.3 Å². The molecule has 1 aliphatic rings. The molecule has 1 aliphatic heterocycles. The summed E-state index contributed by atoms with van der Waals surface area (Å²) in [6, 6.07) is 13.6. The molecule has 1 fully saturated rings. The fourth-order valence-corrected chi connectivity index (χ4v) is 3.34. The first-order valence-corrected chi connectivity index (χ1v) is 9.79. The van der Waals surface area contributed by atoms with E-state index in [1.165, 1.54) is 29.3 Å². The number of nitrogens with zero attached hydrogens (tertiary/aromatic N) is 3. The molecule has 0 aliphatic carbocycles. The lowest BCUT2D eigenvalue weighted by atomic mass is 10.1. The van der Waals surface area contributed by atoms with Crippen molar-refractivity contribution in [3.8, 4) is 0 Å². The van der Waals surface area contributed by atoms with Crippen LogP contribution in [0.4, 0.5) is 13.2 Å². The van der Waals surface area contributed by atoms with Crippen molar-refractivity contribution in [3.05, 3.63) is 70.8 Å². The van der Waals surface area contributed by atoms with Gasteiger partial charge in [0.05, 0.1) is 18.3 Å². The van der Waals surface area contributed by atoms with Crippen molar-refractivity contribution in [2.24, 2.45) is 5.10 Å². The molecular formula is C22H25F3N4O. The van der Waals surface area contributed by atoms with Crippen molar-refractivity contribution < 1.29 is 18.0 Å². The van der Waals surface area contributed by atoms with Crippen LogP contribution in [0.3, 0.4) is 0 Å². The normalized spacial score (nSPS) is 16.1. The molecule has 0 radical (unpaired) electrons. The Labute approximate surface area is 174 Å². The van der Waals surface area contributed by atoms with Crippen molar-refractivity contribution in [1.82, 2.24) is 15.2 Å². The Morgan fingerprint density at radius 2 is 1.67 bits per heavy atom. The number of benzene rings is 2. The number of rotatable bonds is 6. The smallest absolute Gasteiger partial charge is 0.297 e. The topological polar surface area (TPSA) is 47.9 Å². The molecule has 0 saturated carbocycles. The number of piperazine rings is 1. The quantitative estimate of drug-likeness (QED) is 0.579. The predicted octanol–water partition coefficient (Wildman–Crippen LogP) is 3.28. The highest BCUT2D eigenvalue weighted by Gasteiger charge is 2.32. The Bertz CT molecular complexity index is 873. The number of hydrogen-bond donors (Lipinski definition) is 1. The van der Waals surface area contributed by atoms with Gasteiger partial charge in [0.2, 0.25) is 0 Å². The zero-order valence-corrected chi connectivity index (χ0v) is 16.8. The van der Waals surface area contributed by atoms with Crippen LogP contribution < -0.4 is 5.43 Å². The van der Waals surface area contributed by atoms with Gasteiger partial charge in [0.15, 0.2) is 0 Å². The molecule has 1 amide bonds. The maximum absolute atomic E-state index is 13.0. The molecule has 5 nitrogen and oxygen atoms in total. The summed E-state index contributed by atoms with van der Waals surface area (Å²) in [6.07, 6.45) is -3.44. The van der Waals surface area contributed by atoms with Gasteiger partial charge in [-0.1, -0.05) is 48.0 Å². The minimum atomic E-state index is -4.47. The van der Waals surface area contributed by atoms with Gasteiger partial charge in [-0.3, -0.25) is 14.6 Å². The lowest BCUT2D eigenvalue weighted by Gasteiger charge is -2.34. The van der Waals surface area contributed by atoms with Crippen LogP contribution in [0, 0.1) is 6.92 Å². The Hall–Kier alpha value is -2.71. The van der Waals surface area contributed by atoms with Crippen molar-refractivity contribution in [2.45, 2.75) is 19.6 Å². The van der Waals surface area contributed by atoms with E-state index in [4.69, 9.17) is 0 Å². The summed E-state index contributed by atoms with van der Waals surface area (Å²) in [4.78, 5) is 16.4. The van der Waals surface area contributed by atoms with E-state index in [1.807, 2.05) is 4.90 Å². The van der Waals surface area contributed by atoms with E-state index >= 15 is 0 Å². The Balaban J connectivity index is 1.43. The minimum absolute atomic E-state index is 0.0879. The molecule has 0 bridgehead atoms. The molecule has 3 rings (SSSR count). The Morgan fingerprint density at radius 3 is 2.33 bits per heavy atom. The van der Waals surface area contributed by atoms with Crippen LogP contribution in [0.25, 0.3) is 0 Å². The van der Waals surface area contributed by atoms with Gasteiger partial charge in [0.25, 0.3) is 5.91 Å². The summed E-state index contributed by atoms with van der Waals surface area (Å²) < 4.78 is 38.9. The zero-order chi connectivity index (χ0) is 21.6. The summed E-state index contributed by atoms with van der Waals surface area (Å²) in [5.74, 6) is -0.345. The van der Waals surface area contributed by atoms with Gasteiger partial charge < -0.3 is 0 Å². The second-order valence-corrected chi connectivity index (χ2v) is 7.42. The fourth-order valence-electron chi connectivity index (χ4n) is 3.34. The van der Waals surface area contributed by atoms with Crippen molar-refractivity contribution in [3.63, 3.8) is 0 Å². The van der Waals surface area contributed by atoms with Gasteiger partial charge in [-0.25, -0.2) is 5.43 Å². The van der Waals surface area contributed by atoms with Crippen LogP contribution in [-0.2, 0) is 17.5 Å². The number of alkyl halides is 3. The Kier molecular flexibility index (Phi) is 7.23. The van der Waals surface area contributed by atoms with Crippen LogP contribution in [0.2, 0.25) is 0 Å². The van der Waals surface area contributed by atoms with E-state index in [1.54, 1.807) is 0 Å². The van der Waals surface area contributed by atoms with Crippen LogP contribution in [0.5, 0.6) is 0 Å². The first-order chi connectivity index (χ1) is 14.3. The summed E-state index contributed by atoms with van der Waals surface area (Å²) >= 11 is 0. The SMILES string of the molecule is Cc1ccc(CN2CCN(CC(=O)NN=Cc3ccccc3C(F)(F)F)CC2)cc1. The van der Waals surface area contributed by atoms with Gasteiger partial charge in [0, 0.05) is 38.3 Å². The summed E-state index contributed by atoms with van der Waals surface area (Å²) in [7, 11) is 0. The number of amides is 1. The number of carbonyl (C=O) groups excluding carboxylic acids is 1. The molecule has 0 atom stereocenters. The van der Waals surface area contributed by atoms with Crippen LogP contribution in [0.15, 0.2) is 53.6 Å². The highest BCUT2D eigenvalue weighted by molar-refractivity contribution is 5.84. The molecule has 2 aromatic rings. The first kappa shape index (κ1) is 22.0. The van der Waals surface area contributed by atoms with Gasteiger partial charge in [-0.15, -0.1) is 0 Å². The largest absolute Gasteiger partial charge is 0.417 e. The monoisotopic (exact) mass is 418 g/mol. The standard InChI is InChI=1S/C22H25F3N4O/c1-17-6-8-18(9-7-17)15-28-10-12-29(13-11-28)16-21(30)27-26-14-19-4-2-3-5-20(19)22(23,24)25/h2-9,14H,10-13,15-16H2,1H3,(H,27,30). The average molecular weight is 418 g/mol. The molecule has 1 saturated heterocycles. The third-order valence-electron chi connectivity index (χ3n) is 5.02. The first-order valence-electron chi connectivity index (χ1n) is 9.79. The van der Waals surface area contributed by atoms with E-state index in [2.05, 4.69) is 46.6 Å². The van der Waals surface area contributed by atoms with Gasteiger partial charge in [-0.05, 0) is 18.6 Å². The lowest BCUT2D eigenvalue weighted by molar-refractivity contribution is -0.137. The highest BCUT2D eigenvalue weighted by atomic mass is 19.4. The summed E-state index contributed by atoms with van der Waals surface area (Å²) in [5.41, 5.74) is 3.95. The van der Waals surface area contributed by atoms with Crippen LogP contribution in [-0.4, -0.2) is 54.6 Å². The number of aryl methyl sites for hydroxylation is 1. The molecule has 1 heterocycles. The fraction of sp³-hybridized carbons (Fsp3) is 0.364. The molecule has 160 valence electrons. The number of halogens is 3. The number of hydrazone groups is 1. The molecule has 0 aromatic heterocycles. The number of nitrogens with one attached hydrogen (secondary N) is 1. The maximum atomic E-state index is 13.0. The average Bonchev–Trinajstić information content (AvgIpc) is 2.71. The third kappa shape index (κ3) is 6.40. The third-order valence-corrected chi connectivity index (χ3v) is 5.02. The number of hydrogen-bond acceptors (Lipinski definition) is 4. The summed E-state index contributed by atoms with van der Waals surface area (Å²) in [5, 5.41) is 3.70. The maximum Gasteiger partial charge on any atom is 0.417 e. The molecule has 1 N–H and O–H groups in total. The second kappa shape index (κ2) is 9.86. The van der Waals surface area contributed by atoms with Crippen molar-refractivity contribution >= 4 is 12.1 Å². The molecule has 30 heavy (non-hydrogen) atoms. The molecule has 0 spiro atoms. The zero-order valence-electron chi connectivity index (χ0n) is 16.8. The van der Waals surface area contributed by atoms with Crippen LogP contribution >= 0.6 is 0 Å². The summed E-state index contributed by atoms with van der Waals surface area (Å²) in [6.45, 7) is 6.30. The van der Waals surface area contributed by atoms with E-state index in [0.29, 0.717) is 0 Å². The van der Waals surface area contributed by atoms with E-state index < -0.39 is 11.7 Å². The minimum Gasteiger partial charge on any atom is -0.297 e. The highest BCUT2D eigenvalue weighted by Crippen LogP contribution is 2.31. The molecular weight excluding hydrogens is 393 g/mol. The molecule has 2 aromatic carbocycles. The van der Waals surface area contributed by atoms with Gasteiger partial charge >= 0.3 is 6.18 Å². The van der Waals surface area contributed by atoms with E-state index in [0.717, 1.165) is 45.0 Å². The lowest BCUT2D eigenvalue weighted by Crippen LogP contribution is -2.48. The predicted molar refractivity (Wildman–Crippen MR) is 110 cm³/mol. The Morgan fingerprint density at radius 1 is 1.03 bits per heavy atom. The number of carbonyl (C=O) groups is 1. The molecule has 0 unspecified atom stereocenters. The van der Waals surface area contributed by atoms with Gasteiger partial charge in [0.1, 0.15) is 0 Å². The molecule has 8 heteroatoms. The van der Waals surface area contributed by atoms with E-state index in [9.17, 15) is 18.0 Å². The van der Waals surface area contributed by atoms with E-state index in [-0.39, 0.29) is 18.0 Å². The van der Waals surface area contributed by atoms with Crippen molar-refractivity contribution in [1.29, 1.82) is 0 Å². The van der Waals surface area contributed by atoms with Crippen LogP contribution in [0.1, 0.15) is 22.3 Å². The second-order valence-electron chi connectivity index (χ2n) is 7.42.